The first kappa shape index (κ1) is 19.8. The second kappa shape index (κ2) is 7.36. The molecule has 7 nitrogen and oxygen atoms in total. The van der Waals surface area contributed by atoms with Crippen molar-refractivity contribution >= 4 is 11.5 Å². The first-order valence-electron chi connectivity index (χ1n) is 10.4. The summed E-state index contributed by atoms with van der Waals surface area (Å²) in [5.41, 5.74) is 2.52. The number of alkyl halides is 2. The number of aromatic nitrogens is 4. The molecule has 6 rings (SSSR count). The molecule has 0 saturated carbocycles. The van der Waals surface area contributed by atoms with Crippen molar-refractivity contribution in [3.05, 3.63) is 64.9 Å². The number of rotatable bonds is 2. The average molecular weight is 453 g/mol. The lowest BCUT2D eigenvalue weighted by Crippen LogP contribution is -2.13. The summed E-state index contributed by atoms with van der Waals surface area (Å²) in [4.78, 5) is 4.38. The highest BCUT2D eigenvalue weighted by atomic mass is 19.3. The van der Waals surface area contributed by atoms with Gasteiger partial charge in [0.05, 0.1) is 24.8 Å². The van der Waals surface area contributed by atoms with Crippen LogP contribution in [-0.2, 0) is 6.54 Å². The Morgan fingerprint density at radius 1 is 1.12 bits per heavy atom. The van der Waals surface area contributed by atoms with Crippen molar-refractivity contribution in [1.82, 2.24) is 19.6 Å². The average Bonchev–Trinajstić information content (AvgIpc) is 3.44. The van der Waals surface area contributed by atoms with Gasteiger partial charge in [0.1, 0.15) is 17.9 Å². The van der Waals surface area contributed by atoms with Crippen molar-refractivity contribution in [1.29, 1.82) is 0 Å². The van der Waals surface area contributed by atoms with Crippen LogP contribution in [0.4, 0.5) is 19.0 Å². The smallest absolute Gasteiger partial charge is 0.265 e. The van der Waals surface area contributed by atoms with Gasteiger partial charge in [-0.25, -0.2) is 13.2 Å². The Kier molecular flexibility index (Phi) is 4.42. The lowest BCUT2D eigenvalue weighted by atomic mass is 9.96. The van der Waals surface area contributed by atoms with E-state index in [0.29, 0.717) is 46.4 Å². The summed E-state index contributed by atoms with van der Waals surface area (Å²) in [5, 5.41) is 11.4. The van der Waals surface area contributed by atoms with E-state index < -0.39 is 6.43 Å². The van der Waals surface area contributed by atoms with Crippen molar-refractivity contribution in [3.63, 3.8) is 0 Å². The number of fused-ring (bicyclic) bond motifs is 3. The predicted octanol–water partition coefficient (Wildman–Crippen LogP) is 4.66. The Labute approximate surface area is 186 Å². The lowest BCUT2D eigenvalue weighted by Gasteiger charge is -2.17. The van der Waals surface area contributed by atoms with Crippen LogP contribution in [0, 0.1) is 12.7 Å². The summed E-state index contributed by atoms with van der Waals surface area (Å²) in [7, 11) is 0. The highest BCUT2D eigenvalue weighted by molar-refractivity contribution is 5.81. The highest BCUT2D eigenvalue weighted by Gasteiger charge is 2.32. The number of halogens is 3. The molecule has 4 aromatic rings. The van der Waals surface area contributed by atoms with Crippen LogP contribution in [0.2, 0.25) is 0 Å². The molecule has 0 aliphatic carbocycles. The number of hydrogen-bond donors (Lipinski definition) is 1. The topological polar surface area (TPSA) is 73.6 Å². The molecular formula is C23H18F3N5O2. The van der Waals surface area contributed by atoms with E-state index in [1.807, 2.05) is 0 Å². The van der Waals surface area contributed by atoms with Crippen LogP contribution < -0.4 is 14.8 Å². The summed E-state index contributed by atoms with van der Waals surface area (Å²) in [6.45, 7) is 2.52. The number of hydrogen-bond acceptors (Lipinski definition) is 6. The van der Waals surface area contributed by atoms with Crippen LogP contribution in [0.25, 0.3) is 16.9 Å². The van der Waals surface area contributed by atoms with Gasteiger partial charge in [-0.15, -0.1) is 10.2 Å². The van der Waals surface area contributed by atoms with Gasteiger partial charge in [-0.1, -0.05) is 0 Å². The van der Waals surface area contributed by atoms with E-state index in [9.17, 15) is 13.2 Å². The molecule has 10 heteroatoms. The maximum absolute atomic E-state index is 14.7. The van der Waals surface area contributed by atoms with E-state index in [1.54, 1.807) is 29.5 Å². The van der Waals surface area contributed by atoms with E-state index in [4.69, 9.17) is 9.47 Å². The fourth-order valence-electron chi connectivity index (χ4n) is 4.52. The van der Waals surface area contributed by atoms with Crippen LogP contribution in [0.3, 0.4) is 0 Å². The zero-order valence-corrected chi connectivity index (χ0v) is 17.5. The number of anilines is 1. The number of ether oxygens (including phenoxy) is 2. The minimum absolute atomic E-state index is 0.120. The third kappa shape index (κ3) is 3.08. The molecule has 3 aromatic heterocycles. The maximum atomic E-state index is 14.7. The number of nitrogens with one attached hydrogen (secondary N) is 1. The van der Waals surface area contributed by atoms with E-state index in [0.717, 1.165) is 5.56 Å². The van der Waals surface area contributed by atoms with Gasteiger partial charge in [0.25, 0.3) is 6.43 Å². The molecule has 1 N–H and O–H groups in total. The molecule has 0 saturated heterocycles. The molecule has 0 unspecified atom stereocenters. The predicted molar refractivity (Wildman–Crippen MR) is 113 cm³/mol. The molecule has 0 radical (unpaired) electrons. The largest absolute Gasteiger partial charge is 0.493 e. The summed E-state index contributed by atoms with van der Waals surface area (Å²) in [5.74, 6) is 1.06. The zero-order valence-electron chi connectivity index (χ0n) is 17.5. The molecule has 5 heterocycles. The Hall–Kier alpha value is -3.82. The Morgan fingerprint density at radius 3 is 2.76 bits per heavy atom. The Bertz CT molecular complexity index is 1400. The summed E-state index contributed by atoms with van der Waals surface area (Å²) < 4.78 is 55.8. The summed E-state index contributed by atoms with van der Waals surface area (Å²) in [6, 6.07) is 7.58. The van der Waals surface area contributed by atoms with Gasteiger partial charge in [0.2, 0.25) is 0 Å². The molecular weight excluding hydrogens is 435 g/mol. The fourth-order valence-corrected chi connectivity index (χ4v) is 4.52. The quantitative estimate of drug-likeness (QED) is 0.476. The maximum Gasteiger partial charge on any atom is 0.265 e. The Morgan fingerprint density at radius 2 is 1.94 bits per heavy atom. The van der Waals surface area contributed by atoms with Gasteiger partial charge in [0, 0.05) is 34.5 Å². The van der Waals surface area contributed by atoms with Gasteiger partial charge >= 0.3 is 0 Å². The van der Waals surface area contributed by atoms with Crippen molar-refractivity contribution in [2.24, 2.45) is 0 Å². The SMILES string of the molecule is Cc1ccc(C(F)F)c(-c2cc3c(n4cnnc24)NCc2c(F)ccc4c2[C@@H](CO4)CO3)n1. The highest BCUT2D eigenvalue weighted by Crippen LogP contribution is 2.42. The Balaban J connectivity index is 1.54. The van der Waals surface area contributed by atoms with Crippen molar-refractivity contribution in [3.8, 4) is 22.8 Å². The van der Waals surface area contributed by atoms with Crippen molar-refractivity contribution in [2.75, 3.05) is 18.5 Å². The van der Waals surface area contributed by atoms with Gasteiger partial charge in [-0.3, -0.25) is 9.38 Å². The fraction of sp³-hybridized carbons (Fsp3) is 0.261. The third-order valence-electron chi connectivity index (χ3n) is 6.08. The van der Waals surface area contributed by atoms with E-state index >= 15 is 0 Å². The first-order chi connectivity index (χ1) is 16.0. The van der Waals surface area contributed by atoms with Crippen LogP contribution in [0.5, 0.6) is 11.5 Å². The normalized spacial score (nSPS) is 16.8. The minimum Gasteiger partial charge on any atom is -0.493 e. The van der Waals surface area contributed by atoms with Crippen LogP contribution in [0.15, 0.2) is 36.7 Å². The van der Waals surface area contributed by atoms with Crippen LogP contribution >= 0.6 is 0 Å². The van der Waals surface area contributed by atoms with Crippen LogP contribution in [-0.4, -0.2) is 32.8 Å². The standard InChI is InChI=1S/C23H18F3N5O2/c1-11-2-3-13(21(25)26)20(29-11)14-6-18-23(31-10-28-30-22(14)31)27-7-15-16(24)4-5-17-19(15)12(8-32-17)9-33-18/h2-6,10,12,21,27H,7-9H2,1H3/t12-/m0/s1. The number of pyridine rings is 2. The van der Waals surface area contributed by atoms with Gasteiger partial charge in [0.15, 0.2) is 17.2 Å². The van der Waals surface area contributed by atoms with Gasteiger partial charge < -0.3 is 14.8 Å². The lowest BCUT2D eigenvalue weighted by molar-refractivity contribution is 0.151. The molecule has 2 aliphatic heterocycles. The van der Waals surface area contributed by atoms with Crippen molar-refractivity contribution in [2.45, 2.75) is 25.8 Å². The number of benzene rings is 1. The molecule has 1 atom stereocenters. The van der Waals surface area contributed by atoms with E-state index in [-0.39, 0.29) is 36.1 Å². The molecule has 33 heavy (non-hydrogen) atoms. The van der Waals surface area contributed by atoms with Crippen molar-refractivity contribution < 1.29 is 22.6 Å². The van der Waals surface area contributed by atoms with Gasteiger partial charge in [-0.2, -0.15) is 0 Å². The second-order valence-corrected chi connectivity index (χ2v) is 8.10. The summed E-state index contributed by atoms with van der Waals surface area (Å²) >= 11 is 0. The number of aryl methyl sites for hydroxylation is 1. The third-order valence-corrected chi connectivity index (χ3v) is 6.08. The molecule has 168 valence electrons. The molecule has 0 amide bonds. The second-order valence-electron chi connectivity index (χ2n) is 8.10. The number of nitrogens with zero attached hydrogens (tertiary/aromatic N) is 4. The minimum atomic E-state index is -2.72. The van der Waals surface area contributed by atoms with Gasteiger partial charge in [-0.05, 0) is 37.3 Å². The molecule has 1 aromatic carbocycles. The zero-order chi connectivity index (χ0) is 22.7. The molecule has 2 aliphatic rings. The van der Waals surface area contributed by atoms with E-state index in [1.165, 1.54) is 18.5 Å². The first-order valence-corrected chi connectivity index (χ1v) is 10.4. The van der Waals surface area contributed by atoms with Crippen LogP contribution in [0.1, 0.15) is 34.7 Å². The molecule has 0 fully saturated rings. The summed E-state index contributed by atoms with van der Waals surface area (Å²) in [6.07, 6.45) is -1.25. The van der Waals surface area contributed by atoms with E-state index in [2.05, 4.69) is 20.5 Å². The molecule has 0 bridgehead atoms. The molecule has 0 spiro atoms. The monoisotopic (exact) mass is 453 g/mol.